The molecule has 0 saturated carbocycles. The number of imide groups is 1. The standard InChI is InChI=1S/C13H17ClN2O2/c1-9-5-3-4-6-11(9)10(2)15-13(18)16-12(17)7-8-14/h3-6,10H,7-8H2,1-2H3,(H2,15,16,17,18). The average Bonchev–Trinajstić information content (AvgIpc) is 2.29. The van der Waals surface area contributed by atoms with Crippen LogP contribution < -0.4 is 10.6 Å². The minimum absolute atomic E-state index is 0.133. The summed E-state index contributed by atoms with van der Waals surface area (Å²) in [7, 11) is 0. The number of aryl methyl sites for hydroxylation is 1. The number of hydrogen-bond donors (Lipinski definition) is 2. The Morgan fingerprint density at radius 2 is 2.00 bits per heavy atom. The number of nitrogens with one attached hydrogen (secondary N) is 2. The predicted molar refractivity (Wildman–Crippen MR) is 71.6 cm³/mol. The quantitative estimate of drug-likeness (QED) is 0.825. The van der Waals surface area contributed by atoms with Crippen molar-refractivity contribution < 1.29 is 9.59 Å². The summed E-state index contributed by atoms with van der Waals surface area (Å²) in [5.41, 5.74) is 2.12. The van der Waals surface area contributed by atoms with Crippen LogP contribution in [0.15, 0.2) is 24.3 Å². The molecule has 2 N–H and O–H groups in total. The van der Waals surface area contributed by atoms with Gasteiger partial charge in [0.25, 0.3) is 0 Å². The fraction of sp³-hybridized carbons (Fsp3) is 0.385. The molecule has 0 saturated heterocycles. The summed E-state index contributed by atoms with van der Waals surface area (Å²) in [6, 6.07) is 7.12. The second-order valence-electron chi connectivity index (χ2n) is 4.04. The monoisotopic (exact) mass is 268 g/mol. The van der Waals surface area contributed by atoms with Gasteiger partial charge >= 0.3 is 6.03 Å². The summed E-state index contributed by atoms with van der Waals surface area (Å²) in [4.78, 5) is 22.7. The fourth-order valence-electron chi connectivity index (χ4n) is 1.66. The van der Waals surface area contributed by atoms with Gasteiger partial charge in [-0.25, -0.2) is 4.79 Å². The molecule has 0 spiro atoms. The van der Waals surface area contributed by atoms with Crippen LogP contribution in [0.25, 0.3) is 0 Å². The molecule has 0 aliphatic heterocycles. The number of hydrogen-bond acceptors (Lipinski definition) is 2. The Kier molecular flexibility index (Phi) is 5.65. The summed E-state index contributed by atoms with van der Waals surface area (Å²) in [5.74, 6) is -0.175. The number of benzene rings is 1. The van der Waals surface area contributed by atoms with E-state index < -0.39 is 6.03 Å². The SMILES string of the molecule is Cc1ccccc1C(C)NC(=O)NC(=O)CCCl. The first kappa shape index (κ1) is 14.5. The molecule has 1 unspecified atom stereocenters. The molecule has 3 amide bonds. The Labute approximate surface area is 112 Å². The number of rotatable bonds is 4. The van der Waals surface area contributed by atoms with Gasteiger partial charge in [-0.05, 0) is 25.0 Å². The topological polar surface area (TPSA) is 58.2 Å². The van der Waals surface area contributed by atoms with Crippen molar-refractivity contribution in [3.05, 3.63) is 35.4 Å². The van der Waals surface area contributed by atoms with E-state index in [2.05, 4.69) is 10.6 Å². The summed E-state index contributed by atoms with van der Waals surface area (Å²) in [5, 5.41) is 4.94. The third-order valence-electron chi connectivity index (χ3n) is 2.58. The van der Waals surface area contributed by atoms with Crippen molar-refractivity contribution in [2.75, 3.05) is 5.88 Å². The van der Waals surface area contributed by atoms with E-state index in [0.717, 1.165) is 11.1 Å². The minimum Gasteiger partial charge on any atom is -0.331 e. The molecule has 1 atom stereocenters. The van der Waals surface area contributed by atoms with Gasteiger partial charge in [0, 0.05) is 12.3 Å². The van der Waals surface area contributed by atoms with Gasteiger partial charge in [-0.1, -0.05) is 24.3 Å². The highest BCUT2D eigenvalue weighted by atomic mass is 35.5. The van der Waals surface area contributed by atoms with Gasteiger partial charge in [0.05, 0.1) is 6.04 Å². The molecule has 1 aromatic carbocycles. The second-order valence-corrected chi connectivity index (χ2v) is 4.42. The zero-order valence-electron chi connectivity index (χ0n) is 10.5. The van der Waals surface area contributed by atoms with Crippen molar-refractivity contribution in [3.8, 4) is 0 Å². The zero-order chi connectivity index (χ0) is 13.5. The molecular formula is C13H17ClN2O2. The number of urea groups is 1. The predicted octanol–water partition coefficient (Wildman–Crippen LogP) is 2.51. The van der Waals surface area contributed by atoms with Crippen LogP contribution >= 0.6 is 11.6 Å². The van der Waals surface area contributed by atoms with E-state index in [0.29, 0.717) is 0 Å². The molecule has 0 heterocycles. The van der Waals surface area contributed by atoms with Crippen LogP contribution in [0.2, 0.25) is 0 Å². The van der Waals surface area contributed by atoms with Gasteiger partial charge in [-0.2, -0.15) is 0 Å². The molecule has 0 bridgehead atoms. The van der Waals surface area contributed by atoms with Crippen LogP contribution in [0.5, 0.6) is 0 Å². The van der Waals surface area contributed by atoms with Crippen molar-refractivity contribution in [1.82, 2.24) is 10.6 Å². The molecule has 1 rings (SSSR count). The van der Waals surface area contributed by atoms with Crippen LogP contribution in [0, 0.1) is 6.92 Å². The summed E-state index contributed by atoms with van der Waals surface area (Å²) >= 11 is 5.41. The first-order valence-electron chi connectivity index (χ1n) is 5.76. The number of alkyl halides is 1. The smallest absolute Gasteiger partial charge is 0.321 e. The summed E-state index contributed by atoms with van der Waals surface area (Å²) in [6.07, 6.45) is 0.133. The molecule has 0 aliphatic carbocycles. The average molecular weight is 269 g/mol. The molecule has 0 fully saturated rings. The van der Waals surface area contributed by atoms with Gasteiger partial charge in [0.2, 0.25) is 5.91 Å². The van der Waals surface area contributed by atoms with Gasteiger partial charge in [-0.15, -0.1) is 11.6 Å². The van der Waals surface area contributed by atoms with Crippen molar-refractivity contribution in [2.24, 2.45) is 0 Å². The molecule has 98 valence electrons. The zero-order valence-corrected chi connectivity index (χ0v) is 11.3. The highest BCUT2D eigenvalue weighted by Crippen LogP contribution is 2.16. The Morgan fingerprint density at radius 3 is 2.61 bits per heavy atom. The van der Waals surface area contributed by atoms with E-state index in [4.69, 9.17) is 11.6 Å². The maximum absolute atomic E-state index is 11.5. The molecule has 4 nitrogen and oxygen atoms in total. The van der Waals surface area contributed by atoms with E-state index in [9.17, 15) is 9.59 Å². The Morgan fingerprint density at radius 1 is 1.33 bits per heavy atom. The first-order valence-corrected chi connectivity index (χ1v) is 6.30. The van der Waals surface area contributed by atoms with Gasteiger partial charge < -0.3 is 5.32 Å². The Bertz CT molecular complexity index is 435. The van der Waals surface area contributed by atoms with Crippen LogP contribution in [-0.4, -0.2) is 17.8 Å². The molecule has 5 heteroatoms. The van der Waals surface area contributed by atoms with Gasteiger partial charge in [-0.3, -0.25) is 10.1 Å². The molecule has 1 aromatic rings. The Balaban J connectivity index is 2.55. The van der Waals surface area contributed by atoms with Crippen molar-refractivity contribution in [3.63, 3.8) is 0 Å². The Hall–Kier alpha value is -1.55. The number of carbonyl (C=O) groups is 2. The number of carbonyl (C=O) groups excluding carboxylic acids is 2. The molecule has 0 aliphatic rings. The molecule has 0 radical (unpaired) electrons. The van der Waals surface area contributed by atoms with E-state index >= 15 is 0 Å². The van der Waals surface area contributed by atoms with E-state index in [1.165, 1.54) is 0 Å². The van der Waals surface area contributed by atoms with Crippen LogP contribution in [0.4, 0.5) is 4.79 Å². The normalized spacial score (nSPS) is 11.7. The molecular weight excluding hydrogens is 252 g/mol. The lowest BCUT2D eigenvalue weighted by atomic mass is 10.0. The number of halogens is 1. The van der Waals surface area contributed by atoms with Crippen molar-refractivity contribution >= 4 is 23.5 Å². The number of amides is 3. The molecule has 0 aromatic heterocycles. The highest BCUT2D eigenvalue weighted by molar-refractivity contribution is 6.19. The van der Waals surface area contributed by atoms with Crippen molar-refractivity contribution in [1.29, 1.82) is 0 Å². The van der Waals surface area contributed by atoms with E-state index in [1.807, 2.05) is 38.1 Å². The summed E-state index contributed by atoms with van der Waals surface area (Å²) in [6.45, 7) is 3.85. The maximum atomic E-state index is 11.5. The fourth-order valence-corrected chi connectivity index (χ4v) is 1.83. The van der Waals surface area contributed by atoms with Crippen LogP contribution in [0.3, 0.4) is 0 Å². The lowest BCUT2D eigenvalue weighted by Gasteiger charge is -2.16. The minimum atomic E-state index is -0.499. The third kappa shape index (κ3) is 4.37. The van der Waals surface area contributed by atoms with E-state index in [-0.39, 0.29) is 24.2 Å². The largest absolute Gasteiger partial charge is 0.331 e. The van der Waals surface area contributed by atoms with E-state index in [1.54, 1.807) is 0 Å². The lowest BCUT2D eigenvalue weighted by Crippen LogP contribution is -2.40. The van der Waals surface area contributed by atoms with Crippen molar-refractivity contribution in [2.45, 2.75) is 26.3 Å². The van der Waals surface area contributed by atoms with Crippen LogP contribution in [-0.2, 0) is 4.79 Å². The molecule has 18 heavy (non-hydrogen) atoms. The summed E-state index contributed by atoms with van der Waals surface area (Å²) < 4.78 is 0. The van der Waals surface area contributed by atoms with Gasteiger partial charge in [0.15, 0.2) is 0 Å². The van der Waals surface area contributed by atoms with Crippen LogP contribution in [0.1, 0.15) is 30.5 Å². The third-order valence-corrected chi connectivity index (χ3v) is 2.77. The first-order chi connectivity index (χ1) is 8.54. The second kappa shape index (κ2) is 7.01. The van der Waals surface area contributed by atoms with Gasteiger partial charge in [0.1, 0.15) is 0 Å². The lowest BCUT2D eigenvalue weighted by molar-refractivity contribution is -0.119. The highest BCUT2D eigenvalue weighted by Gasteiger charge is 2.12. The maximum Gasteiger partial charge on any atom is 0.321 e.